The summed E-state index contributed by atoms with van der Waals surface area (Å²) < 4.78 is 6.46. The van der Waals surface area contributed by atoms with E-state index in [1.54, 1.807) is 23.3 Å². The first-order valence-corrected chi connectivity index (χ1v) is 10.2. The molecule has 1 aromatic carbocycles. The summed E-state index contributed by atoms with van der Waals surface area (Å²) in [5, 5.41) is 0.413. The molecule has 0 N–H and O–H groups in total. The van der Waals surface area contributed by atoms with Crippen LogP contribution in [0.1, 0.15) is 30.7 Å². The molecule has 2 atom stereocenters. The van der Waals surface area contributed by atoms with Gasteiger partial charge in [0.2, 0.25) is 0 Å². The Kier molecular flexibility index (Phi) is 5.48. The first kappa shape index (κ1) is 19.0. The van der Waals surface area contributed by atoms with E-state index in [0.717, 1.165) is 28.9 Å². The van der Waals surface area contributed by atoms with Gasteiger partial charge in [0.1, 0.15) is 5.25 Å². The highest BCUT2D eigenvalue weighted by Gasteiger charge is 2.28. The molecule has 26 heavy (non-hydrogen) atoms. The Balaban J connectivity index is 2.19. The SMILES string of the molecule is COC(=O)[C@@H](C)Sc1nc2c(c(=O)n1-c1cc(C)cc(C)c1)S[C@@H](C)C2. The minimum atomic E-state index is -0.450. The second kappa shape index (κ2) is 7.48. The second-order valence-electron chi connectivity index (χ2n) is 6.57. The zero-order chi connectivity index (χ0) is 19.0. The zero-order valence-corrected chi connectivity index (χ0v) is 17.2. The lowest BCUT2D eigenvalue weighted by Gasteiger charge is -2.16. The van der Waals surface area contributed by atoms with Crippen LogP contribution in [-0.4, -0.2) is 33.1 Å². The molecule has 0 unspecified atom stereocenters. The molecule has 1 aliphatic rings. The highest BCUT2D eigenvalue weighted by Crippen LogP contribution is 2.35. The lowest BCUT2D eigenvalue weighted by Crippen LogP contribution is -2.25. The van der Waals surface area contributed by atoms with Gasteiger partial charge in [0.25, 0.3) is 5.56 Å². The van der Waals surface area contributed by atoms with E-state index in [0.29, 0.717) is 15.3 Å². The third-order valence-electron chi connectivity index (χ3n) is 4.16. The maximum atomic E-state index is 13.2. The molecule has 1 aliphatic heterocycles. The van der Waals surface area contributed by atoms with Crippen molar-refractivity contribution in [3.8, 4) is 5.69 Å². The number of aromatic nitrogens is 2. The fraction of sp³-hybridized carbons (Fsp3) is 0.421. The molecule has 0 saturated heterocycles. The van der Waals surface area contributed by atoms with Crippen molar-refractivity contribution in [2.75, 3.05) is 7.11 Å². The van der Waals surface area contributed by atoms with Crippen molar-refractivity contribution in [1.29, 1.82) is 0 Å². The maximum absolute atomic E-state index is 13.2. The van der Waals surface area contributed by atoms with E-state index < -0.39 is 5.25 Å². The van der Waals surface area contributed by atoms with Crippen LogP contribution in [0.3, 0.4) is 0 Å². The van der Waals surface area contributed by atoms with Gasteiger partial charge in [-0.1, -0.05) is 24.8 Å². The van der Waals surface area contributed by atoms with Crippen LogP contribution in [0.15, 0.2) is 33.0 Å². The first-order chi connectivity index (χ1) is 12.3. The van der Waals surface area contributed by atoms with Gasteiger partial charge >= 0.3 is 5.97 Å². The Bertz CT molecular complexity index is 903. The molecule has 3 rings (SSSR count). The van der Waals surface area contributed by atoms with Crippen LogP contribution >= 0.6 is 23.5 Å². The van der Waals surface area contributed by atoms with Gasteiger partial charge in [-0.15, -0.1) is 11.8 Å². The van der Waals surface area contributed by atoms with Crippen molar-refractivity contribution >= 4 is 29.5 Å². The molecule has 0 aliphatic carbocycles. The van der Waals surface area contributed by atoms with Gasteiger partial charge in [0.05, 0.1) is 23.4 Å². The Labute approximate surface area is 161 Å². The number of carbonyl (C=O) groups is 1. The molecule has 138 valence electrons. The number of hydrogen-bond donors (Lipinski definition) is 0. The van der Waals surface area contributed by atoms with Crippen LogP contribution in [0.25, 0.3) is 5.69 Å². The van der Waals surface area contributed by atoms with E-state index in [1.165, 1.54) is 18.9 Å². The number of benzene rings is 1. The smallest absolute Gasteiger partial charge is 0.318 e. The van der Waals surface area contributed by atoms with Crippen molar-refractivity contribution in [3.05, 3.63) is 45.4 Å². The third kappa shape index (κ3) is 3.69. The minimum absolute atomic E-state index is 0.0612. The standard InChI is InChI=1S/C19H22N2O3S2/c1-10-6-11(2)8-14(7-10)21-17(22)16-15(9-12(3)25-16)20-19(21)26-13(4)18(23)24-5/h6-8,12-13H,9H2,1-5H3/t12-,13+/m0/s1. The number of rotatable bonds is 4. The zero-order valence-electron chi connectivity index (χ0n) is 15.5. The number of aryl methyl sites for hydroxylation is 2. The van der Waals surface area contributed by atoms with Crippen molar-refractivity contribution < 1.29 is 9.53 Å². The molecule has 0 bridgehead atoms. The number of carbonyl (C=O) groups excluding carboxylic acids is 1. The van der Waals surface area contributed by atoms with E-state index in [-0.39, 0.29) is 11.5 Å². The number of thioether (sulfide) groups is 2. The number of nitrogens with zero attached hydrogens (tertiary/aromatic N) is 2. The molecule has 1 aromatic heterocycles. The third-order valence-corrected chi connectivity index (χ3v) is 6.41. The number of hydrogen-bond acceptors (Lipinski definition) is 6. The van der Waals surface area contributed by atoms with Crippen molar-refractivity contribution in [2.45, 2.75) is 54.7 Å². The highest BCUT2D eigenvalue weighted by molar-refractivity contribution is 8.00. The summed E-state index contributed by atoms with van der Waals surface area (Å²) in [6, 6.07) is 6.01. The largest absolute Gasteiger partial charge is 0.468 e. The van der Waals surface area contributed by atoms with Gasteiger partial charge in [-0.05, 0) is 44.0 Å². The number of esters is 1. The molecular formula is C19H22N2O3S2. The number of ether oxygens (including phenoxy) is 1. The predicted molar refractivity (Wildman–Crippen MR) is 106 cm³/mol. The van der Waals surface area contributed by atoms with Gasteiger partial charge < -0.3 is 4.74 Å². The summed E-state index contributed by atoms with van der Waals surface area (Å²) >= 11 is 2.84. The van der Waals surface area contributed by atoms with Crippen LogP contribution in [-0.2, 0) is 16.0 Å². The molecular weight excluding hydrogens is 368 g/mol. The topological polar surface area (TPSA) is 61.2 Å². The van der Waals surface area contributed by atoms with Crippen LogP contribution in [0, 0.1) is 13.8 Å². The van der Waals surface area contributed by atoms with E-state index in [4.69, 9.17) is 9.72 Å². The predicted octanol–water partition coefficient (Wildman–Crippen LogP) is 3.54. The second-order valence-corrected chi connectivity index (χ2v) is 9.33. The summed E-state index contributed by atoms with van der Waals surface area (Å²) in [5.41, 5.74) is 3.69. The van der Waals surface area contributed by atoms with E-state index in [1.807, 2.05) is 26.0 Å². The van der Waals surface area contributed by atoms with Gasteiger partial charge in [-0.2, -0.15) is 0 Å². The van der Waals surface area contributed by atoms with Gasteiger partial charge in [0, 0.05) is 11.7 Å². The van der Waals surface area contributed by atoms with E-state index in [2.05, 4.69) is 13.0 Å². The monoisotopic (exact) mass is 390 g/mol. The van der Waals surface area contributed by atoms with Crippen molar-refractivity contribution in [2.24, 2.45) is 0 Å². The summed E-state index contributed by atoms with van der Waals surface area (Å²) in [7, 11) is 1.37. The lowest BCUT2D eigenvalue weighted by atomic mass is 10.1. The van der Waals surface area contributed by atoms with Crippen molar-refractivity contribution in [3.63, 3.8) is 0 Å². The molecule has 0 amide bonds. The van der Waals surface area contributed by atoms with Gasteiger partial charge in [-0.25, -0.2) is 4.98 Å². The van der Waals surface area contributed by atoms with Gasteiger partial charge in [0.15, 0.2) is 5.16 Å². The normalized spacial score (nSPS) is 17.0. The van der Waals surface area contributed by atoms with Gasteiger partial charge in [-0.3, -0.25) is 14.2 Å². The van der Waals surface area contributed by atoms with Crippen LogP contribution in [0.4, 0.5) is 0 Å². The molecule has 0 fully saturated rings. The summed E-state index contributed by atoms with van der Waals surface area (Å²) in [4.78, 5) is 30.6. The summed E-state index contributed by atoms with van der Waals surface area (Å²) in [6.07, 6.45) is 0.767. The molecule has 2 heterocycles. The molecule has 7 heteroatoms. The van der Waals surface area contributed by atoms with Crippen LogP contribution < -0.4 is 5.56 Å². The summed E-state index contributed by atoms with van der Waals surface area (Å²) in [6.45, 7) is 7.86. The molecule has 0 radical (unpaired) electrons. The maximum Gasteiger partial charge on any atom is 0.318 e. The fourth-order valence-electron chi connectivity index (χ4n) is 3.06. The Morgan fingerprint density at radius 1 is 1.35 bits per heavy atom. The van der Waals surface area contributed by atoms with E-state index in [9.17, 15) is 9.59 Å². The lowest BCUT2D eigenvalue weighted by molar-refractivity contribution is -0.139. The van der Waals surface area contributed by atoms with Crippen molar-refractivity contribution in [1.82, 2.24) is 9.55 Å². The van der Waals surface area contributed by atoms with Crippen LogP contribution in [0.5, 0.6) is 0 Å². The average Bonchev–Trinajstić information content (AvgIpc) is 2.94. The highest BCUT2D eigenvalue weighted by atomic mass is 32.2. The number of fused-ring (bicyclic) bond motifs is 1. The Hall–Kier alpha value is -1.73. The van der Waals surface area contributed by atoms with Crippen LogP contribution in [0.2, 0.25) is 0 Å². The molecule has 0 spiro atoms. The molecule has 0 saturated carbocycles. The van der Waals surface area contributed by atoms with E-state index >= 15 is 0 Å². The minimum Gasteiger partial charge on any atom is -0.468 e. The number of methoxy groups -OCH3 is 1. The quantitative estimate of drug-likeness (QED) is 0.452. The molecule has 5 nitrogen and oxygen atoms in total. The Morgan fingerprint density at radius 3 is 2.62 bits per heavy atom. The fourth-order valence-corrected chi connectivity index (χ4v) is 5.12. The summed E-state index contributed by atoms with van der Waals surface area (Å²) in [5.74, 6) is -0.334. The first-order valence-electron chi connectivity index (χ1n) is 8.46. The molecule has 2 aromatic rings. The average molecular weight is 391 g/mol. The Morgan fingerprint density at radius 2 is 2.00 bits per heavy atom.